The van der Waals surface area contributed by atoms with Crippen molar-refractivity contribution in [3.8, 4) is 17.1 Å². The summed E-state index contributed by atoms with van der Waals surface area (Å²) in [4.78, 5) is 24.0. The van der Waals surface area contributed by atoms with Crippen LogP contribution in [0, 0.1) is 13.8 Å². The van der Waals surface area contributed by atoms with E-state index in [4.69, 9.17) is 9.15 Å². The van der Waals surface area contributed by atoms with Gasteiger partial charge in [0.1, 0.15) is 11.7 Å². The second kappa shape index (κ2) is 6.43. The highest BCUT2D eigenvalue weighted by Crippen LogP contribution is 2.32. The molecule has 0 fully saturated rings. The van der Waals surface area contributed by atoms with Crippen molar-refractivity contribution in [3.05, 3.63) is 63.8 Å². The highest BCUT2D eigenvalue weighted by molar-refractivity contribution is 5.83. The predicted molar refractivity (Wildman–Crippen MR) is 92.5 cm³/mol. The molecule has 5 nitrogen and oxygen atoms in total. The molecule has 128 valence electrons. The van der Waals surface area contributed by atoms with E-state index in [-0.39, 0.29) is 11.5 Å². The van der Waals surface area contributed by atoms with Gasteiger partial charge in [0.05, 0.1) is 11.4 Å². The van der Waals surface area contributed by atoms with Crippen molar-refractivity contribution in [2.75, 3.05) is 0 Å². The summed E-state index contributed by atoms with van der Waals surface area (Å²) in [6.45, 7) is 5.14. The molecule has 0 spiro atoms. The van der Waals surface area contributed by atoms with Crippen LogP contribution in [0.15, 0.2) is 51.7 Å². The van der Waals surface area contributed by atoms with E-state index >= 15 is 0 Å². The lowest BCUT2D eigenvalue weighted by atomic mass is 10.0. The monoisotopic (exact) mass is 337 g/mol. The first-order valence-corrected chi connectivity index (χ1v) is 7.89. The maximum Gasteiger partial charge on any atom is 0.235 e. The number of aliphatic carboxylic acids is 1. The van der Waals surface area contributed by atoms with Crippen molar-refractivity contribution in [1.82, 2.24) is 0 Å². The third kappa shape index (κ3) is 3.13. The number of carboxylic acid groups (broad SMARTS) is 1. The Bertz CT molecular complexity index is 1000. The van der Waals surface area contributed by atoms with E-state index in [1.807, 2.05) is 19.9 Å². The van der Waals surface area contributed by atoms with Gasteiger partial charge in [-0.15, -0.1) is 0 Å². The van der Waals surface area contributed by atoms with Crippen molar-refractivity contribution in [1.29, 1.82) is 0 Å². The lowest BCUT2D eigenvalue weighted by Crippen LogP contribution is -2.38. The van der Waals surface area contributed by atoms with Crippen molar-refractivity contribution in [2.24, 2.45) is 0 Å². The van der Waals surface area contributed by atoms with Crippen LogP contribution in [0.5, 0.6) is 5.75 Å². The summed E-state index contributed by atoms with van der Waals surface area (Å²) in [7, 11) is 0. The lowest BCUT2D eigenvalue weighted by molar-refractivity contribution is -0.312. The summed E-state index contributed by atoms with van der Waals surface area (Å²) in [5, 5.41) is 11.4. The van der Waals surface area contributed by atoms with Crippen LogP contribution in [-0.4, -0.2) is 12.1 Å². The average Bonchev–Trinajstić information content (AvgIpc) is 2.59. The zero-order chi connectivity index (χ0) is 18.1. The molecular formula is C20H17O5-. The van der Waals surface area contributed by atoms with Gasteiger partial charge in [-0.25, -0.2) is 0 Å². The van der Waals surface area contributed by atoms with Crippen LogP contribution in [-0.2, 0) is 4.79 Å². The molecular weight excluding hydrogens is 320 g/mol. The SMILES string of the molecule is Cc1cc2oc(-c3ccccc3)c(O[C@@H](C)C(=O)[O-])c(=O)c2cc1C. The summed E-state index contributed by atoms with van der Waals surface area (Å²) in [5.41, 5.74) is 2.58. The van der Waals surface area contributed by atoms with Gasteiger partial charge < -0.3 is 19.1 Å². The van der Waals surface area contributed by atoms with E-state index in [1.54, 1.807) is 36.4 Å². The van der Waals surface area contributed by atoms with Crippen molar-refractivity contribution < 1.29 is 19.1 Å². The molecule has 0 saturated carbocycles. The number of carbonyl (C=O) groups excluding carboxylic acids is 1. The Morgan fingerprint density at radius 3 is 2.40 bits per heavy atom. The van der Waals surface area contributed by atoms with Gasteiger partial charge in [-0.3, -0.25) is 4.79 Å². The molecule has 0 radical (unpaired) electrons. The summed E-state index contributed by atoms with van der Waals surface area (Å²) in [6, 6.07) is 12.5. The Kier molecular flexibility index (Phi) is 4.31. The molecule has 3 aromatic rings. The van der Waals surface area contributed by atoms with Gasteiger partial charge in [-0.05, 0) is 44.0 Å². The fourth-order valence-corrected chi connectivity index (χ4v) is 2.54. The maximum absolute atomic E-state index is 12.9. The molecule has 1 heterocycles. The molecule has 0 aliphatic carbocycles. The summed E-state index contributed by atoms with van der Waals surface area (Å²) in [6.07, 6.45) is -1.28. The fourth-order valence-electron chi connectivity index (χ4n) is 2.54. The van der Waals surface area contributed by atoms with E-state index in [9.17, 15) is 14.7 Å². The normalized spacial score (nSPS) is 12.1. The van der Waals surface area contributed by atoms with E-state index in [0.29, 0.717) is 16.5 Å². The predicted octanol–water partition coefficient (Wildman–Crippen LogP) is 2.59. The Balaban J connectivity index is 2.32. The smallest absolute Gasteiger partial charge is 0.235 e. The van der Waals surface area contributed by atoms with Gasteiger partial charge in [-0.2, -0.15) is 0 Å². The number of hydrogen-bond donors (Lipinski definition) is 0. The minimum Gasteiger partial charge on any atom is -0.546 e. The molecule has 0 bridgehead atoms. The first-order valence-electron chi connectivity index (χ1n) is 7.89. The molecule has 0 saturated heterocycles. The first kappa shape index (κ1) is 16.8. The van der Waals surface area contributed by atoms with Crippen LogP contribution < -0.4 is 15.3 Å². The molecule has 0 amide bonds. The Morgan fingerprint density at radius 1 is 1.12 bits per heavy atom. The Morgan fingerprint density at radius 2 is 1.76 bits per heavy atom. The third-order valence-corrected chi connectivity index (χ3v) is 4.13. The molecule has 1 aromatic heterocycles. The quantitative estimate of drug-likeness (QED) is 0.731. The van der Waals surface area contributed by atoms with Crippen molar-refractivity contribution in [3.63, 3.8) is 0 Å². The molecule has 1 atom stereocenters. The Labute approximate surface area is 144 Å². The van der Waals surface area contributed by atoms with E-state index in [0.717, 1.165) is 11.1 Å². The first-order chi connectivity index (χ1) is 11.9. The standard InChI is InChI=1S/C20H18O5/c1-11-9-15-16(10-12(11)2)25-18(14-7-5-4-6-8-14)19(17(15)21)24-13(3)20(22)23/h4-10,13H,1-3H3,(H,22,23)/p-1/t13-/m0/s1. The van der Waals surface area contributed by atoms with Crippen molar-refractivity contribution in [2.45, 2.75) is 26.9 Å². The third-order valence-electron chi connectivity index (χ3n) is 4.13. The van der Waals surface area contributed by atoms with Gasteiger partial charge in [0.2, 0.25) is 11.2 Å². The minimum atomic E-state index is -1.40. The lowest BCUT2D eigenvalue weighted by Gasteiger charge is -2.17. The number of carbonyl (C=O) groups is 1. The largest absolute Gasteiger partial charge is 0.546 e. The van der Waals surface area contributed by atoms with Crippen LogP contribution in [0.25, 0.3) is 22.3 Å². The number of aryl methyl sites for hydroxylation is 2. The summed E-state index contributed by atoms with van der Waals surface area (Å²) >= 11 is 0. The average molecular weight is 337 g/mol. The van der Waals surface area contributed by atoms with E-state index < -0.39 is 17.5 Å². The van der Waals surface area contributed by atoms with Gasteiger partial charge in [0.25, 0.3) is 0 Å². The molecule has 0 aliphatic rings. The zero-order valence-corrected chi connectivity index (χ0v) is 14.2. The molecule has 2 aromatic carbocycles. The fraction of sp³-hybridized carbons (Fsp3) is 0.200. The number of carboxylic acids is 1. The number of hydrogen-bond acceptors (Lipinski definition) is 5. The van der Waals surface area contributed by atoms with E-state index in [2.05, 4.69) is 0 Å². The molecule has 0 N–H and O–H groups in total. The highest BCUT2D eigenvalue weighted by Gasteiger charge is 2.20. The number of ether oxygens (including phenoxy) is 1. The number of rotatable bonds is 4. The highest BCUT2D eigenvalue weighted by atomic mass is 16.5. The van der Waals surface area contributed by atoms with Crippen LogP contribution in [0.2, 0.25) is 0 Å². The van der Waals surface area contributed by atoms with Crippen LogP contribution in [0.1, 0.15) is 18.1 Å². The molecule has 5 heteroatoms. The second-order valence-electron chi connectivity index (χ2n) is 5.97. The van der Waals surface area contributed by atoms with E-state index in [1.165, 1.54) is 6.92 Å². The van der Waals surface area contributed by atoms with Crippen LogP contribution in [0.3, 0.4) is 0 Å². The molecule has 3 rings (SSSR count). The maximum atomic E-state index is 12.9. The van der Waals surface area contributed by atoms with Gasteiger partial charge in [0.15, 0.2) is 5.76 Å². The molecule has 0 aliphatic heterocycles. The minimum absolute atomic E-state index is 0.126. The number of fused-ring (bicyclic) bond motifs is 1. The second-order valence-corrected chi connectivity index (χ2v) is 5.97. The van der Waals surface area contributed by atoms with Gasteiger partial charge in [-0.1, -0.05) is 30.3 Å². The zero-order valence-electron chi connectivity index (χ0n) is 14.2. The van der Waals surface area contributed by atoms with Crippen molar-refractivity contribution >= 4 is 16.9 Å². The van der Waals surface area contributed by atoms with Gasteiger partial charge in [0, 0.05) is 5.56 Å². The molecule has 25 heavy (non-hydrogen) atoms. The van der Waals surface area contributed by atoms with Crippen LogP contribution in [0.4, 0.5) is 0 Å². The Hall–Kier alpha value is -3.08. The summed E-state index contributed by atoms with van der Waals surface area (Å²) < 4.78 is 11.3. The molecule has 0 unspecified atom stereocenters. The van der Waals surface area contributed by atoms with Gasteiger partial charge >= 0.3 is 0 Å². The topological polar surface area (TPSA) is 79.6 Å². The summed E-state index contributed by atoms with van der Waals surface area (Å²) in [5.74, 6) is -1.33. The number of benzene rings is 2. The van der Waals surface area contributed by atoms with Crippen LogP contribution >= 0.6 is 0 Å².